The second-order valence-electron chi connectivity index (χ2n) is 4.90. The van der Waals surface area contributed by atoms with Crippen molar-refractivity contribution in [2.45, 2.75) is 26.2 Å². The van der Waals surface area contributed by atoms with Crippen LogP contribution < -0.4 is 11.1 Å². The third kappa shape index (κ3) is 2.54. The van der Waals surface area contributed by atoms with E-state index < -0.39 is 0 Å². The van der Waals surface area contributed by atoms with E-state index in [0.717, 1.165) is 11.5 Å². The number of nitrogen functional groups attached to an aromatic ring is 1. The molecule has 1 aromatic rings. The van der Waals surface area contributed by atoms with Crippen molar-refractivity contribution in [2.75, 3.05) is 24.7 Å². The number of esters is 1. The second kappa shape index (κ2) is 4.56. The number of carbonyl (C=O) groups excluding carboxylic acids is 1. The van der Waals surface area contributed by atoms with Crippen LogP contribution in [0.4, 0.5) is 10.7 Å². The first kappa shape index (κ1) is 12.2. The molecule has 1 fully saturated rings. The van der Waals surface area contributed by atoms with Crippen LogP contribution in [0, 0.1) is 5.41 Å². The van der Waals surface area contributed by atoms with Crippen LogP contribution in [-0.2, 0) is 4.74 Å². The molecule has 0 unspecified atom stereocenters. The van der Waals surface area contributed by atoms with Crippen LogP contribution in [-0.4, -0.2) is 19.6 Å². The highest BCUT2D eigenvalue weighted by Crippen LogP contribution is 2.41. The van der Waals surface area contributed by atoms with Gasteiger partial charge in [0.2, 0.25) is 0 Å². The lowest BCUT2D eigenvalue weighted by Gasteiger charge is -2.38. The number of methoxy groups -OCH3 is 1. The van der Waals surface area contributed by atoms with E-state index in [0.29, 0.717) is 16.0 Å². The highest BCUT2D eigenvalue weighted by Gasteiger charge is 2.31. The summed E-state index contributed by atoms with van der Waals surface area (Å²) in [5, 5.41) is 4.30. The monoisotopic (exact) mass is 254 g/mol. The first-order valence-corrected chi connectivity index (χ1v) is 6.57. The zero-order valence-electron chi connectivity index (χ0n) is 10.2. The van der Waals surface area contributed by atoms with Gasteiger partial charge in [0.15, 0.2) is 0 Å². The molecule has 0 radical (unpaired) electrons. The van der Waals surface area contributed by atoms with Gasteiger partial charge in [0.05, 0.1) is 17.8 Å². The zero-order valence-corrected chi connectivity index (χ0v) is 11.0. The van der Waals surface area contributed by atoms with Crippen molar-refractivity contribution < 1.29 is 9.53 Å². The third-order valence-electron chi connectivity index (χ3n) is 3.38. The van der Waals surface area contributed by atoms with Gasteiger partial charge in [0.25, 0.3) is 0 Å². The van der Waals surface area contributed by atoms with E-state index in [1.807, 2.05) is 0 Å². The molecule has 0 atom stereocenters. The molecule has 17 heavy (non-hydrogen) atoms. The normalized spacial score (nSPS) is 17.3. The third-order valence-corrected chi connectivity index (χ3v) is 4.47. The highest BCUT2D eigenvalue weighted by molar-refractivity contribution is 7.18. The molecule has 0 aliphatic heterocycles. The van der Waals surface area contributed by atoms with Crippen LogP contribution in [0.3, 0.4) is 0 Å². The van der Waals surface area contributed by atoms with Crippen LogP contribution in [0.2, 0.25) is 0 Å². The predicted molar refractivity (Wildman–Crippen MR) is 70.5 cm³/mol. The first-order chi connectivity index (χ1) is 8.04. The maximum Gasteiger partial charge on any atom is 0.350 e. The van der Waals surface area contributed by atoms with Gasteiger partial charge < -0.3 is 15.8 Å². The Kier molecular flexibility index (Phi) is 3.28. The Morgan fingerprint density at radius 1 is 1.65 bits per heavy atom. The smallest absolute Gasteiger partial charge is 0.350 e. The fourth-order valence-corrected chi connectivity index (χ4v) is 2.90. The van der Waals surface area contributed by atoms with Crippen LogP contribution in [0.5, 0.6) is 0 Å². The van der Waals surface area contributed by atoms with Gasteiger partial charge in [-0.1, -0.05) is 13.3 Å². The number of anilines is 2. The summed E-state index contributed by atoms with van der Waals surface area (Å²) < 4.78 is 4.67. The van der Waals surface area contributed by atoms with E-state index in [1.165, 1.54) is 37.7 Å². The van der Waals surface area contributed by atoms with Crippen LogP contribution in [0.25, 0.3) is 0 Å². The average molecular weight is 254 g/mol. The molecule has 0 saturated heterocycles. The Labute approximate surface area is 105 Å². The minimum absolute atomic E-state index is 0.365. The van der Waals surface area contributed by atoms with E-state index in [-0.39, 0.29) is 5.97 Å². The first-order valence-electron chi connectivity index (χ1n) is 5.75. The molecule has 1 aromatic heterocycles. The summed E-state index contributed by atoms with van der Waals surface area (Å²) in [6, 6.07) is 1.80. The number of nitrogens with two attached hydrogens (primary N) is 1. The molecule has 0 spiro atoms. The Bertz CT molecular complexity index is 424. The molecule has 2 rings (SSSR count). The summed E-state index contributed by atoms with van der Waals surface area (Å²) in [4.78, 5) is 11.9. The van der Waals surface area contributed by atoms with Gasteiger partial charge in [0, 0.05) is 6.54 Å². The molecule has 0 amide bonds. The summed E-state index contributed by atoms with van der Waals surface area (Å²) in [6.45, 7) is 3.22. The topological polar surface area (TPSA) is 64.3 Å². The van der Waals surface area contributed by atoms with Gasteiger partial charge in [-0.05, 0) is 24.3 Å². The number of thiophene rings is 1. The number of carbonyl (C=O) groups is 1. The second-order valence-corrected chi connectivity index (χ2v) is 5.96. The molecule has 3 N–H and O–H groups in total. The minimum atomic E-state index is -0.365. The lowest BCUT2D eigenvalue weighted by Crippen LogP contribution is -2.33. The zero-order chi connectivity index (χ0) is 12.5. The summed E-state index contributed by atoms with van der Waals surface area (Å²) in [6.07, 6.45) is 3.85. The van der Waals surface area contributed by atoms with Gasteiger partial charge in [-0.2, -0.15) is 0 Å². The molecule has 1 saturated carbocycles. The molecule has 1 aliphatic carbocycles. The van der Waals surface area contributed by atoms with Crippen molar-refractivity contribution in [3.63, 3.8) is 0 Å². The molecular weight excluding hydrogens is 236 g/mol. The summed E-state index contributed by atoms with van der Waals surface area (Å²) in [5.41, 5.74) is 6.67. The molecule has 0 aromatic carbocycles. The van der Waals surface area contributed by atoms with E-state index in [9.17, 15) is 4.79 Å². The lowest BCUT2D eigenvalue weighted by molar-refractivity contribution is 0.0607. The molecule has 1 aliphatic rings. The summed E-state index contributed by atoms with van der Waals surface area (Å²) in [5.74, 6) is -0.365. The SMILES string of the molecule is COC(=O)c1sc(NCC2(C)CCC2)cc1N. The molecular formula is C12H18N2O2S. The van der Waals surface area contributed by atoms with Crippen LogP contribution >= 0.6 is 11.3 Å². The maximum absolute atomic E-state index is 11.4. The fraction of sp³-hybridized carbons (Fsp3) is 0.583. The fourth-order valence-electron chi connectivity index (χ4n) is 2.00. The molecule has 94 valence electrons. The number of rotatable bonds is 4. The minimum Gasteiger partial charge on any atom is -0.465 e. The standard InChI is InChI=1S/C12H18N2O2S/c1-12(4-3-5-12)7-14-9-6-8(13)10(17-9)11(15)16-2/h6,14H,3-5,7,13H2,1-2H3. The van der Waals surface area contributed by atoms with Gasteiger partial charge in [-0.3, -0.25) is 0 Å². The largest absolute Gasteiger partial charge is 0.465 e. The molecule has 1 heterocycles. The van der Waals surface area contributed by atoms with Gasteiger partial charge in [-0.15, -0.1) is 11.3 Å². The number of nitrogens with one attached hydrogen (secondary N) is 1. The van der Waals surface area contributed by atoms with Crippen molar-refractivity contribution in [3.8, 4) is 0 Å². The van der Waals surface area contributed by atoms with Crippen molar-refractivity contribution in [1.29, 1.82) is 0 Å². The predicted octanol–water partition coefficient (Wildman–Crippen LogP) is 2.72. The average Bonchev–Trinajstić information content (AvgIpc) is 2.64. The highest BCUT2D eigenvalue weighted by atomic mass is 32.1. The Balaban J connectivity index is 1.99. The van der Waals surface area contributed by atoms with Crippen molar-refractivity contribution in [3.05, 3.63) is 10.9 Å². The van der Waals surface area contributed by atoms with Gasteiger partial charge in [-0.25, -0.2) is 4.79 Å². The summed E-state index contributed by atoms with van der Waals surface area (Å²) >= 11 is 1.36. The lowest BCUT2D eigenvalue weighted by atomic mass is 9.70. The molecule has 0 bridgehead atoms. The van der Waals surface area contributed by atoms with Gasteiger partial charge in [0.1, 0.15) is 4.88 Å². The van der Waals surface area contributed by atoms with E-state index >= 15 is 0 Å². The van der Waals surface area contributed by atoms with Gasteiger partial charge >= 0.3 is 5.97 Å². The van der Waals surface area contributed by atoms with E-state index in [4.69, 9.17) is 5.73 Å². The summed E-state index contributed by atoms with van der Waals surface area (Å²) in [7, 11) is 1.37. The number of hydrogen-bond donors (Lipinski definition) is 2. The number of hydrogen-bond acceptors (Lipinski definition) is 5. The van der Waals surface area contributed by atoms with Crippen molar-refractivity contribution in [1.82, 2.24) is 0 Å². The molecule has 4 nitrogen and oxygen atoms in total. The number of ether oxygens (including phenoxy) is 1. The van der Waals surface area contributed by atoms with E-state index in [1.54, 1.807) is 6.07 Å². The Morgan fingerprint density at radius 3 is 2.88 bits per heavy atom. The van der Waals surface area contributed by atoms with E-state index in [2.05, 4.69) is 17.0 Å². The Hall–Kier alpha value is -1.23. The quantitative estimate of drug-likeness (QED) is 0.811. The van der Waals surface area contributed by atoms with Crippen molar-refractivity contribution in [2.24, 2.45) is 5.41 Å². The molecule has 5 heteroatoms. The Morgan fingerprint density at radius 2 is 2.35 bits per heavy atom. The maximum atomic E-state index is 11.4. The van der Waals surface area contributed by atoms with Crippen LogP contribution in [0.15, 0.2) is 6.07 Å². The van der Waals surface area contributed by atoms with Crippen molar-refractivity contribution >= 4 is 28.0 Å². The van der Waals surface area contributed by atoms with Crippen LogP contribution in [0.1, 0.15) is 35.9 Å².